The molecule has 3 heterocycles. The van der Waals surface area contributed by atoms with Crippen molar-refractivity contribution in [1.82, 2.24) is 15.0 Å². The van der Waals surface area contributed by atoms with Crippen LogP contribution in [0.25, 0.3) is 22.6 Å². The van der Waals surface area contributed by atoms with Crippen LogP contribution in [-0.4, -0.2) is 28.0 Å². The lowest BCUT2D eigenvalue weighted by Gasteiger charge is -2.18. The van der Waals surface area contributed by atoms with E-state index in [4.69, 9.17) is 8.94 Å². The van der Waals surface area contributed by atoms with Gasteiger partial charge in [-0.05, 0) is 42.8 Å². The molecule has 0 saturated carbocycles. The summed E-state index contributed by atoms with van der Waals surface area (Å²) in [5.74, 6) is -0.00113. The highest BCUT2D eigenvalue weighted by Gasteiger charge is 2.22. The number of benzene rings is 1. The molecule has 0 N–H and O–H groups in total. The Labute approximate surface area is 154 Å². The minimum atomic E-state index is -0.313. The lowest BCUT2D eigenvalue weighted by Crippen LogP contribution is -2.26. The number of aromatic nitrogens is 2. The number of carbonyl (C=O) groups excluding carboxylic acids is 1. The number of nitrogens with zero attached hydrogens (tertiary/aromatic N) is 3. The van der Waals surface area contributed by atoms with Gasteiger partial charge in [-0.1, -0.05) is 17.3 Å². The largest absolute Gasteiger partial charge is 0.463 e. The Balaban J connectivity index is 1.73. The molecule has 0 spiro atoms. The Morgan fingerprint density at radius 1 is 1.22 bits per heavy atom. The molecular formula is C20H16FN3O3. The molecular weight excluding hydrogens is 349 g/mol. The van der Waals surface area contributed by atoms with Crippen molar-refractivity contribution in [3.63, 3.8) is 0 Å². The Hall–Kier alpha value is -3.48. The molecule has 7 heteroatoms. The first-order chi connectivity index (χ1) is 13.0. The molecule has 0 fully saturated rings. The normalized spacial score (nSPS) is 11.1. The third-order valence-electron chi connectivity index (χ3n) is 4.30. The summed E-state index contributed by atoms with van der Waals surface area (Å²) in [5.41, 5.74) is 2.60. The quantitative estimate of drug-likeness (QED) is 0.542. The Kier molecular flexibility index (Phi) is 4.19. The number of furan rings is 1. The second-order valence-corrected chi connectivity index (χ2v) is 6.27. The minimum Gasteiger partial charge on any atom is -0.463 e. The molecule has 0 aliphatic rings. The van der Waals surface area contributed by atoms with E-state index in [0.717, 1.165) is 5.56 Å². The van der Waals surface area contributed by atoms with Crippen LogP contribution in [0.2, 0.25) is 0 Å². The van der Waals surface area contributed by atoms with E-state index in [0.29, 0.717) is 34.6 Å². The number of aryl methyl sites for hydroxylation is 1. The summed E-state index contributed by atoms with van der Waals surface area (Å²) in [6.45, 7) is 2.10. The molecule has 0 saturated heterocycles. The number of halogens is 1. The van der Waals surface area contributed by atoms with Crippen LogP contribution in [-0.2, 0) is 6.54 Å². The second-order valence-electron chi connectivity index (χ2n) is 6.27. The summed E-state index contributed by atoms with van der Waals surface area (Å²) in [5, 5.41) is 4.50. The number of rotatable bonds is 4. The fraction of sp³-hybridized carbons (Fsp3) is 0.150. The third-order valence-corrected chi connectivity index (χ3v) is 4.30. The monoisotopic (exact) mass is 365 g/mol. The highest BCUT2D eigenvalue weighted by Crippen LogP contribution is 2.28. The zero-order chi connectivity index (χ0) is 19.0. The first-order valence-corrected chi connectivity index (χ1v) is 8.34. The zero-order valence-electron chi connectivity index (χ0n) is 14.8. The van der Waals surface area contributed by atoms with E-state index in [2.05, 4.69) is 10.1 Å². The van der Waals surface area contributed by atoms with Gasteiger partial charge in [0, 0.05) is 13.6 Å². The van der Waals surface area contributed by atoms with E-state index >= 15 is 0 Å². The van der Waals surface area contributed by atoms with Gasteiger partial charge in [0.25, 0.3) is 11.6 Å². The van der Waals surface area contributed by atoms with E-state index in [1.165, 1.54) is 18.4 Å². The van der Waals surface area contributed by atoms with Gasteiger partial charge < -0.3 is 13.8 Å². The van der Waals surface area contributed by atoms with Crippen molar-refractivity contribution in [2.45, 2.75) is 13.5 Å². The van der Waals surface area contributed by atoms with Crippen molar-refractivity contribution in [2.75, 3.05) is 7.05 Å². The molecule has 0 aliphatic heterocycles. The Bertz CT molecular complexity index is 1100. The second kappa shape index (κ2) is 6.68. The third kappa shape index (κ3) is 3.19. The van der Waals surface area contributed by atoms with Gasteiger partial charge in [-0.2, -0.15) is 0 Å². The molecule has 4 rings (SSSR count). The minimum absolute atomic E-state index is 0.217. The summed E-state index contributed by atoms with van der Waals surface area (Å²) in [7, 11) is 1.69. The highest BCUT2D eigenvalue weighted by molar-refractivity contribution is 6.06. The molecule has 0 radical (unpaired) electrons. The van der Waals surface area contributed by atoms with Crippen molar-refractivity contribution in [1.29, 1.82) is 0 Å². The van der Waals surface area contributed by atoms with Crippen molar-refractivity contribution in [2.24, 2.45) is 0 Å². The van der Waals surface area contributed by atoms with Crippen molar-refractivity contribution in [3.8, 4) is 11.5 Å². The van der Waals surface area contributed by atoms with Crippen LogP contribution in [0.1, 0.15) is 21.6 Å². The maximum Gasteiger partial charge on any atom is 0.259 e. The SMILES string of the molecule is Cc1noc2nc(-c3ccco3)cc(C(=O)N(C)Cc3ccc(F)cc3)c12. The van der Waals surface area contributed by atoms with Crippen LogP contribution in [0, 0.1) is 12.7 Å². The molecule has 6 nitrogen and oxygen atoms in total. The average molecular weight is 365 g/mol. The van der Waals surface area contributed by atoms with Gasteiger partial charge in [-0.15, -0.1) is 0 Å². The molecule has 136 valence electrons. The van der Waals surface area contributed by atoms with Gasteiger partial charge in [-0.3, -0.25) is 4.79 Å². The summed E-state index contributed by atoms with van der Waals surface area (Å²) >= 11 is 0. The fourth-order valence-electron chi connectivity index (χ4n) is 2.96. The Morgan fingerprint density at radius 2 is 2.00 bits per heavy atom. The van der Waals surface area contributed by atoms with Crippen LogP contribution in [0.4, 0.5) is 4.39 Å². The Morgan fingerprint density at radius 3 is 2.70 bits per heavy atom. The lowest BCUT2D eigenvalue weighted by atomic mass is 10.1. The van der Waals surface area contributed by atoms with Crippen LogP contribution in [0.3, 0.4) is 0 Å². The van der Waals surface area contributed by atoms with Gasteiger partial charge in [0.05, 0.1) is 22.9 Å². The summed E-state index contributed by atoms with van der Waals surface area (Å²) in [6.07, 6.45) is 1.54. The molecule has 1 amide bonds. The standard InChI is InChI=1S/C20H16FN3O3/c1-12-18-15(20(25)24(2)11-13-5-7-14(21)8-6-13)10-16(17-4-3-9-26-17)22-19(18)27-23-12/h3-10H,11H2,1-2H3. The summed E-state index contributed by atoms with van der Waals surface area (Å²) < 4.78 is 23.8. The van der Waals surface area contributed by atoms with Crippen LogP contribution >= 0.6 is 0 Å². The van der Waals surface area contributed by atoms with Crippen molar-refractivity contribution >= 4 is 17.0 Å². The first kappa shape index (κ1) is 17.0. The zero-order valence-corrected chi connectivity index (χ0v) is 14.8. The molecule has 0 atom stereocenters. The van der Waals surface area contributed by atoms with E-state index in [1.807, 2.05) is 0 Å². The summed E-state index contributed by atoms with van der Waals surface area (Å²) in [4.78, 5) is 19.1. The van der Waals surface area contributed by atoms with Crippen LogP contribution in [0.15, 0.2) is 57.7 Å². The van der Waals surface area contributed by atoms with Crippen molar-refractivity contribution in [3.05, 3.63) is 71.4 Å². The predicted octanol–water partition coefficient (Wildman–Crippen LogP) is 4.20. The molecule has 3 aromatic heterocycles. The predicted molar refractivity (Wildman–Crippen MR) is 96.4 cm³/mol. The number of hydrogen-bond donors (Lipinski definition) is 0. The van der Waals surface area contributed by atoms with E-state index < -0.39 is 0 Å². The number of pyridine rings is 1. The highest BCUT2D eigenvalue weighted by atomic mass is 19.1. The fourth-order valence-corrected chi connectivity index (χ4v) is 2.96. The van der Waals surface area contributed by atoms with Gasteiger partial charge in [-0.25, -0.2) is 9.37 Å². The average Bonchev–Trinajstić information content (AvgIpc) is 3.33. The number of hydrogen-bond acceptors (Lipinski definition) is 5. The van der Waals surface area contributed by atoms with E-state index in [-0.39, 0.29) is 17.4 Å². The van der Waals surface area contributed by atoms with Gasteiger partial charge >= 0.3 is 0 Å². The van der Waals surface area contributed by atoms with Crippen LogP contribution < -0.4 is 0 Å². The molecule has 0 unspecified atom stereocenters. The molecule has 1 aromatic carbocycles. The molecule has 27 heavy (non-hydrogen) atoms. The van der Waals surface area contributed by atoms with Gasteiger partial charge in [0.15, 0.2) is 5.76 Å². The number of carbonyl (C=O) groups is 1. The van der Waals surface area contributed by atoms with E-state index in [9.17, 15) is 9.18 Å². The molecule has 0 aliphatic carbocycles. The lowest BCUT2D eigenvalue weighted by molar-refractivity contribution is 0.0787. The molecule has 4 aromatic rings. The van der Waals surface area contributed by atoms with Crippen LogP contribution in [0.5, 0.6) is 0 Å². The van der Waals surface area contributed by atoms with Gasteiger partial charge in [0.2, 0.25) is 0 Å². The molecule has 0 bridgehead atoms. The van der Waals surface area contributed by atoms with Gasteiger partial charge in [0.1, 0.15) is 11.5 Å². The topological polar surface area (TPSA) is 72.4 Å². The maximum absolute atomic E-state index is 13.1. The smallest absolute Gasteiger partial charge is 0.259 e. The number of fused-ring (bicyclic) bond motifs is 1. The number of amides is 1. The maximum atomic E-state index is 13.1. The van der Waals surface area contributed by atoms with Crippen molar-refractivity contribution < 1.29 is 18.1 Å². The summed E-state index contributed by atoms with van der Waals surface area (Å²) in [6, 6.07) is 11.2. The van der Waals surface area contributed by atoms with E-state index in [1.54, 1.807) is 49.2 Å². The first-order valence-electron chi connectivity index (χ1n) is 8.34.